The van der Waals surface area contributed by atoms with E-state index in [2.05, 4.69) is 29.4 Å². The van der Waals surface area contributed by atoms with Gasteiger partial charge in [0.15, 0.2) is 0 Å². The summed E-state index contributed by atoms with van der Waals surface area (Å²) in [4.78, 5) is 27.3. The lowest BCUT2D eigenvalue weighted by atomic mass is 10.1. The minimum atomic E-state index is -0.481. The first-order chi connectivity index (χ1) is 13.0. The van der Waals surface area contributed by atoms with Crippen LogP contribution in [0, 0.1) is 17.0 Å². The van der Waals surface area contributed by atoms with E-state index >= 15 is 0 Å². The van der Waals surface area contributed by atoms with Gasteiger partial charge in [-0.1, -0.05) is 37.3 Å². The number of carbonyl (C=O) groups excluding carboxylic acids is 1. The fourth-order valence-electron chi connectivity index (χ4n) is 2.62. The summed E-state index contributed by atoms with van der Waals surface area (Å²) in [7, 11) is 0. The molecule has 6 nitrogen and oxygen atoms in total. The SMILES string of the molecule is CCc1ccc(-c2nc(CC(=O)Nc3cc([N+](=O)[O-])ccc3C)cs2)cc1. The number of thiazole rings is 1. The van der Waals surface area contributed by atoms with E-state index in [1.807, 2.05) is 17.5 Å². The fraction of sp³-hybridized carbons (Fsp3) is 0.200. The second-order valence-electron chi connectivity index (χ2n) is 6.18. The molecule has 2 aromatic carbocycles. The number of rotatable bonds is 6. The van der Waals surface area contributed by atoms with E-state index in [0.717, 1.165) is 22.6 Å². The minimum Gasteiger partial charge on any atom is -0.325 e. The number of anilines is 1. The van der Waals surface area contributed by atoms with Crippen molar-refractivity contribution in [1.29, 1.82) is 0 Å². The molecule has 0 aliphatic carbocycles. The molecule has 7 heteroatoms. The predicted octanol–water partition coefficient (Wildman–Crippen LogP) is 4.77. The number of amides is 1. The summed E-state index contributed by atoms with van der Waals surface area (Å²) in [6.07, 6.45) is 1.10. The second-order valence-corrected chi connectivity index (χ2v) is 7.03. The molecule has 0 saturated heterocycles. The van der Waals surface area contributed by atoms with Gasteiger partial charge in [-0.3, -0.25) is 14.9 Å². The van der Waals surface area contributed by atoms with Gasteiger partial charge in [0.2, 0.25) is 5.91 Å². The van der Waals surface area contributed by atoms with Gasteiger partial charge < -0.3 is 5.32 Å². The van der Waals surface area contributed by atoms with Gasteiger partial charge in [0.1, 0.15) is 5.01 Å². The van der Waals surface area contributed by atoms with E-state index in [9.17, 15) is 14.9 Å². The van der Waals surface area contributed by atoms with Crippen LogP contribution in [0.3, 0.4) is 0 Å². The zero-order valence-electron chi connectivity index (χ0n) is 15.1. The van der Waals surface area contributed by atoms with Gasteiger partial charge in [-0.15, -0.1) is 11.3 Å². The van der Waals surface area contributed by atoms with Gasteiger partial charge >= 0.3 is 0 Å². The van der Waals surface area contributed by atoms with E-state index in [0.29, 0.717) is 11.4 Å². The van der Waals surface area contributed by atoms with Crippen LogP contribution in [-0.4, -0.2) is 15.8 Å². The van der Waals surface area contributed by atoms with E-state index in [4.69, 9.17) is 0 Å². The van der Waals surface area contributed by atoms with E-state index < -0.39 is 4.92 Å². The van der Waals surface area contributed by atoms with Gasteiger partial charge in [-0.05, 0) is 24.5 Å². The largest absolute Gasteiger partial charge is 0.325 e. The average Bonchev–Trinajstić information content (AvgIpc) is 3.11. The standard InChI is InChI=1S/C20H19N3O3S/c1-3-14-5-7-15(8-6-14)20-21-16(12-27-20)10-19(24)22-18-11-17(23(25)26)9-4-13(18)2/h4-9,11-12H,3,10H2,1-2H3,(H,22,24). The van der Waals surface area contributed by atoms with Crippen LogP contribution in [0.2, 0.25) is 0 Å². The highest BCUT2D eigenvalue weighted by molar-refractivity contribution is 7.13. The van der Waals surface area contributed by atoms with Crippen LogP contribution < -0.4 is 5.32 Å². The lowest BCUT2D eigenvalue weighted by Crippen LogP contribution is -2.15. The summed E-state index contributed by atoms with van der Waals surface area (Å²) in [5, 5.41) is 16.4. The summed E-state index contributed by atoms with van der Waals surface area (Å²) in [5.74, 6) is -0.253. The Morgan fingerprint density at radius 3 is 2.63 bits per heavy atom. The van der Waals surface area contributed by atoms with Crippen molar-refractivity contribution in [3.05, 3.63) is 74.8 Å². The van der Waals surface area contributed by atoms with Crippen molar-refractivity contribution in [3.8, 4) is 10.6 Å². The summed E-state index contributed by atoms with van der Waals surface area (Å²) in [6.45, 7) is 3.90. The number of non-ortho nitro benzene ring substituents is 1. The van der Waals surface area contributed by atoms with Crippen molar-refractivity contribution in [2.45, 2.75) is 26.7 Å². The molecule has 0 radical (unpaired) electrons. The lowest BCUT2D eigenvalue weighted by molar-refractivity contribution is -0.384. The third-order valence-electron chi connectivity index (χ3n) is 4.21. The summed E-state index contributed by atoms with van der Waals surface area (Å²) < 4.78 is 0. The number of hydrogen-bond donors (Lipinski definition) is 1. The summed E-state index contributed by atoms with van der Waals surface area (Å²) in [5.41, 5.74) is 4.13. The Morgan fingerprint density at radius 1 is 1.22 bits per heavy atom. The summed E-state index contributed by atoms with van der Waals surface area (Å²) >= 11 is 1.49. The quantitative estimate of drug-likeness (QED) is 0.492. The molecule has 0 aliphatic heterocycles. The van der Waals surface area contributed by atoms with Crippen molar-refractivity contribution in [2.24, 2.45) is 0 Å². The molecular formula is C20H19N3O3S. The number of nitrogens with zero attached hydrogens (tertiary/aromatic N) is 2. The van der Waals surface area contributed by atoms with Crippen LogP contribution in [0.15, 0.2) is 47.8 Å². The zero-order valence-corrected chi connectivity index (χ0v) is 15.9. The van der Waals surface area contributed by atoms with Crippen molar-refractivity contribution >= 4 is 28.6 Å². The molecule has 3 rings (SSSR count). The number of nitrogens with one attached hydrogen (secondary N) is 1. The van der Waals surface area contributed by atoms with E-state index in [-0.39, 0.29) is 18.0 Å². The van der Waals surface area contributed by atoms with Crippen LogP contribution in [0.1, 0.15) is 23.7 Å². The third kappa shape index (κ3) is 4.57. The number of benzene rings is 2. The lowest BCUT2D eigenvalue weighted by Gasteiger charge is -2.07. The maximum atomic E-state index is 12.3. The van der Waals surface area contributed by atoms with Gasteiger partial charge in [-0.2, -0.15) is 0 Å². The predicted molar refractivity (Wildman–Crippen MR) is 107 cm³/mol. The number of carbonyl (C=O) groups is 1. The highest BCUT2D eigenvalue weighted by Gasteiger charge is 2.13. The first-order valence-corrected chi connectivity index (χ1v) is 9.43. The van der Waals surface area contributed by atoms with Gasteiger partial charge in [0.25, 0.3) is 5.69 Å². The van der Waals surface area contributed by atoms with Crippen molar-refractivity contribution in [1.82, 2.24) is 4.98 Å². The molecule has 1 N–H and O–H groups in total. The monoisotopic (exact) mass is 381 g/mol. The Bertz CT molecular complexity index is 980. The molecule has 0 spiro atoms. The van der Waals surface area contributed by atoms with Gasteiger partial charge in [0.05, 0.1) is 22.7 Å². The molecule has 0 bridgehead atoms. The Morgan fingerprint density at radius 2 is 1.96 bits per heavy atom. The minimum absolute atomic E-state index is 0.0534. The first-order valence-electron chi connectivity index (χ1n) is 8.55. The van der Waals surface area contributed by atoms with Crippen LogP contribution in [0.25, 0.3) is 10.6 Å². The second kappa shape index (κ2) is 8.09. The summed E-state index contributed by atoms with van der Waals surface area (Å²) in [6, 6.07) is 12.6. The Labute approximate surface area is 161 Å². The molecule has 0 atom stereocenters. The van der Waals surface area contributed by atoms with Crippen LogP contribution >= 0.6 is 11.3 Å². The molecule has 1 aromatic heterocycles. The Hall–Kier alpha value is -3.06. The molecule has 0 fully saturated rings. The molecule has 1 heterocycles. The highest BCUT2D eigenvalue weighted by atomic mass is 32.1. The fourth-order valence-corrected chi connectivity index (χ4v) is 3.45. The zero-order chi connectivity index (χ0) is 19.4. The van der Waals surface area contributed by atoms with Crippen molar-refractivity contribution in [2.75, 3.05) is 5.32 Å². The van der Waals surface area contributed by atoms with Crippen molar-refractivity contribution in [3.63, 3.8) is 0 Å². The topological polar surface area (TPSA) is 85.1 Å². The maximum absolute atomic E-state index is 12.3. The number of nitro groups is 1. The molecule has 0 aliphatic rings. The number of hydrogen-bond acceptors (Lipinski definition) is 5. The highest BCUT2D eigenvalue weighted by Crippen LogP contribution is 2.25. The van der Waals surface area contributed by atoms with Crippen molar-refractivity contribution < 1.29 is 9.72 Å². The molecule has 27 heavy (non-hydrogen) atoms. The van der Waals surface area contributed by atoms with E-state index in [1.165, 1.54) is 29.0 Å². The molecule has 3 aromatic rings. The molecule has 1 amide bonds. The van der Waals surface area contributed by atoms with Gasteiger partial charge in [-0.25, -0.2) is 4.98 Å². The maximum Gasteiger partial charge on any atom is 0.271 e. The van der Waals surface area contributed by atoms with E-state index in [1.54, 1.807) is 13.0 Å². The third-order valence-corrected chi connectivity index (χ3v) is 5.15. The van der Waals surface area contributed by atoms with Crippen LogP contribution in [-0.2, 0) is 17.6 Å². The Balaban J connectivity index is 1.69. The molecule has 138 valence electrons. The average molecular weight is 381 g/mol. The number of aryl methyl sites for hydroxylation is 2. The van der Waals surface area contributed by atoms with Crippen LogP contribution in [0.5, 0.6) is 0 Å². The molecule has 0 saturated carbocycles. The normalized spacial score (nSPS) is 10.6. The number of nitro benzene ring substituents is 1. The molecule has 0 unspecified atom stereocenters. The Kier molecular flexibility index (Phi) is 5.61. The van der Waals surface area contributed by atoms with Gasteiger partial charge in [0, 0.05) is 23.1 Å². The smallest absolute Gasteiger partial charge is 0.271 e. The number of aromatic nitrogens is 1. The first kappa shape index (κ1) is 18.7. The van der Waals surface area contributed by atoms with Crippen LogP contribution in [0.4, 0.5) is 11.4 Å². The molecular weight excluding hydrogens is 362 g/mol.